The van der Waals surface area contributed by atoms with Crippen LogP contribution >= 0.6 is 0 Å². The Labute approximate surface area is 204 Å². The largest absolute Gasteiger partial charge is 0.481 e. The summed E-state index contributed by atoms with van der Waals surface area (Å²) in [4.78, 5) is 31.2. The fourth-order valence-electron chi connectivity index (χ4n) is 5.92. The van der Waals surface area contributed by atoms with Crippen LogP contribution in [0.2, 0.25) is 0 Å². The van der Waals surface area contributed by atoms with Crippen LogP contribution in [0.5, 0.6) is 0 Å². The van der Waals surface area contributed by atoms with Gasteiger partial charge in [0.15, 0.2) is 5.96 Å². The van der Waals surface area contributed by atoms with E-state index in [1.807, 2.05) is 16.8 Å². The van der Waals surface area contributed by atoms with Gasteiger partial charge < -0.3 is 25.4 Å². The van der Waals surface area contributed by atoms with Gasteiger partial charge in [-0.1, -0.05) is 19.3 Å². The number of nitrogens with two attached hydrogens (primary N) is 1. The van der Waals surface area contributed by atoms with Gasteiger partial charge in [-0.05, 0) is 64.8 Å². The molecule has 0 aromatic rings. The Morgan fingerprint density at radius 3 is 2.38 bits per heavy atom. The Morgan fingerprint density at radius 2 is 1.74 bits per heavy atom. The predicted molar refractivity (Wildman–Crippen MR) is 132 cm³/mol. The number of aliphatic carboxylic acids is 1. The lowest BCUT2D eigenvalue weighted by molar-refractivity contribution is -0.143. The van der Waals surface area contributed by atoms with Gasteiger partial charge in [-0.15, -0.1) is 0 Å². The van der Waals surface area contributed by atoms with Crippen molar-refractivity contribution in [1.29, 1.82) is 5.41 Å². The molecule has 3 rings (SSSR count). The summed E-state index contributed by atoms with van der Waals surface area (Å²) in [6.45, 7) is 2.89. The van der Waals surface area contributed by atoms with Crippen molar-refractivity contribution >= 4 is 17.8 Å². The highest BCUT2D eigenvalue weighted by atomic mass is 16.5. The summed E-state index contributed by atoms with van der Waals surface area (Å²) < 4.78 is 6.16. The second kappa shape index (κ2) is 13.3. The van der Waals surface area contributed by atoms with E-state index < -0.39 is 5.97 Å². The Kier molecular flexibility index (Phi) is 10.4. The molecular weight excluding hydrogens is 434 g/mol. The number of hydrogen-bond acceptors (Lipinski definition) is 5. The highest BCUT2D eigenvalue weighted by Gasteiger charge is 2.36. The van der Waals surface area contributed by atoms with Crippen LogP contribution in [0.1, 0.15) is 83.5 Å². The number of likely N-dealkylation sites (N-methyl/N-ethyl adjacent to an activating group) is 1. The number of guanidine groups is 1. The molecule has 0 unspecified atom stereocenters. The minimum Gasteiger partial charge on any atom is -0.481 e. The van der Waals surface area contributed by atoms with E-state index in [-0.39, 0.29) is 36.5 Å². The Morgan fingerprint density at radius 1 is 1.06 bits per heavy atom. The van der Waals surface area contributed by atoms with Crippen LogP contribution in [-0.2, 0) is 14.3 Å². The molecule has 9 nitrogen and oxygen atoms in total. The number of carboxylic acid groups (broad SMARTS) is 1. The van der Waals surface area contributed by atoms with Gasteiger partial charge in [-0.2, -0.15) is 0 Å². The second-order valence-corrected chi connectivity index (χ2v) is 10.3. The molecule has 1 saturated carbocycles. The van der Waals surface area contributed by atoms with Gasteiger partial charge in [0.25, 0.3) is 0 Å². The third-order valence-electron chi connectivity index (χ3n) is 8.06. The fourth-order valence-corrected chi connectivity index (χ4v) is 5.92. The molecule has 1 aliphatic carbocycles. The monoisotopic (exact) mass is 479 g/mol. The van der Waals surface area contributed by atoms with E-state index in [0.717, 1.165) is 71.0 Å². The van der Waals surface area contributed by atoms with Gasteiger partial charge in [0.05, 0.1) is 12.1 Å². The summed E-state index contributed by atoms with van der Waals surface area (Å²) >= 11 is 0. The summed E-state index contributed by atoms with van der Waals surface area (Å²) in [5.74, 6) is -0.603. The van der Waals surface area contributed by atoms with E-state index >= 15 is 0 Å². The lowest BCUT2D eigenvalue weighted by Gasteiger charge is -2.42. The maximum absolute atomic E-state index is 13.8. The number of amides is 1. The summed E-state index contributed by atoms with van der Waals surface area (Å²) in [7, 11) is 2.02. The predicted octanol–water partition coefficient (Wildman–Crippen LogP) is 2.63. The van der Waals surface area contributed by atoms with Crippen molar-refractivity contribution in [2.45, 2.75) is 108 Å². The third kappa shape index (κ3) is 7.57. The lowest BCUT2D eigenvalue weighted by atomic mass is 9.92. The zero-order valence-corrected chi connectivity index (χ0v) is 20.9. The molecule has 194 valence electrons. The summed E-state index contributed by atoms with van der Waals surface area (Å²) in [6, 6.07) is 0.159. The van der Waals surface area contributed by atoms with Gasteiger partial charge in [0.2, 0.25) is 5.91 Å². The van der Waals surface area contributed by atoms with E-state index in [2.05, 4.69) is 4.90 Å². The molecule has 1 amide bonds. The van der Waals surface area contributed by atoms with Crippen LogP contribution in [0.4, 0.5) is 0 Å². The zero-order chi connectivity index (χ0) is 24.5. The number of carbonyl (C=O) groups is 2. The number of ether oxygens (including phenoxy) is 1. The molecule has 0 aromatic carbocycles. The molecule has 0 bridgehead atoms. The number of nitrogens with one attached hydrogen (secondary N) is 1. The molecular formula is C25H45N5O4. The molecule has 3 aliphatic rings. The number of nitrogens with zero attached hydrogens (tertiary/aromatic N) is 3. The topological polar surface area (TPSA) is 123 Å². The van der Waals surface area contributed by atoms with Crippen LogP contribution in [0.3, 0.4) is 0 Å². The Hall–Kier alpha value is -1.87. The minimum atomic E-state index is -0.839. The molecule has 9 heteroatoms. The first-order valence-corrected chi connectivity index (χ1v) is 13.3. The molecule has 2 atom stereocenters. The van der Waals surface area contributed by atoms with Gasteiger partial charge in [0, 0.05) is 44.7 Å². The lowest BCUT2D eigenvalue weighted by Crippen LogP contribution is -2.55. The zero-order valence-electron chi connectivity index (χ0n) is 20.9. The van der Waals surface area contributed by atoms with Crippen LogP contribution in [0.25, 0.3) is 0 Å². The van der Waals surface area contributed by atoms with Crippen molar-refractivity contribution in [3.63, 3.8) is 0 Å². The van der Waals surface area contributed by atoms with E-state index in [0.29, 0.717) is 19.1 Å². The van der Waals surface area contributed by atoms with Crippen molar-refractivity contribution in [2.24, 2.45) is 5.73 Å². The number of rotatable bonds is 10. The maximum atomic E-state index is 13.8. The minimum absolute atomic E-state index is 0.0219. The fraction of sp³-hybridized carbons (Fsp3) is 0.880. The average molecular weight is 480 g/mol. The normalized spacial score (nSPS) is 23.8. The van der Waals surface area contributed by atoms with E-state index in [9.17, 15) is 14.7 Å². The van der Waals surface area contributed by atoms with Gasteiger partial charge in [-0.25, -0.2) is 0 Å². The van der Waals surface area contributed by atoms with Crippen LogP contribution in [-0.4, -0.2) is 95.2 Å². The van der Waals surface area contributed by atoms with Gasteiger partial charge >= 0.3 is 5.97 Å². The summed E-state index contributed by atoms with van der Waals surface area (Å²) in [6.07, 6.45) is 12.0. The Bertz CT molecular complexity index is 676. The number of carbonyl (C=O) groups excluding carboxylic acids is 1. The van der Waals surface area contributed by atoms with Crippen molar-refractivity contribution < 1.29 is 19.4 Å². The third-order valence-corrected chi connectivity index (χ3v) is 8.06. The molecule has 2 saturated heterocycles. The number of hydrogen-bond donors (Lipinski definition) is 3. The van der Waals surface area contributed by atoms with Gasteiger partial charge in [-0.3, -0.25) is 19.9 Å². The second-order valence-electron chi connectivity index (χ2n) is 10.3. The first kappa shape index (κ1) is 26.7. The van der Waals surface area contributed by atoms with E-state index in [1.165, 1.54) is 19.3 Å². The highest BCUT2D eigenvalue weighted by Crippen LogP contribution is 2.28. The number of likely N-dealkylation sites (tertiary alicyclic amines) is 2. The number of piperidine rings is 2. The van der Waals surface area contributed by atoms with Gasteiger partial charge in [0.1, 0.15) is 0 Å². The molecule has 0 spiro atoms. The Balaban J connectivity index is 1.56. The first-order chi connectivity index (χ1) is 16.4. The first-order valence-electron chi connectivity index (χ1n) is 13.3. The number of carboxylic acids is 1. The van der Waals surface area contributed by atoms with E-state index in [4.69, 9.17) is 15.9 Å². The van der Waals surface area contributed by atoms with Crippen LogP contribution in [0, 0.1) is 5.41 Å². The van der Waals surface area contributed by atoms with Crippen molar-refractivity contribution in [1.82, 2.24) is 14.7 Å². The molecule has 2 heterocycles. The average Bonchev–Trinajstić information content (AvgIpc) is 2.85. The molecule has 2 aliphatic heterocycles. The smallest absolute Gasteiger partial charge is 0.303 e. The highest BCUT2D eigenvalue weighted by molar-refractivity contribution is 5.83. The van der Waals surface area contributed by atoms with Crippen LogP contribution in [0.15, 0.2) is 0 Å². The van der Waals surface area contributed by atoms with Crippen LogP contribution < -0.4 is 5.73 Å². The molecule has 34 heavy (non-hydrogen) atoms. The summed E-state index contributed by atoms with van der Waals surface area (Å²) in [5.41, 5.74) is 5.58. The molecule has 3 fully saturated rings. The van der Waals surface area contributed by atoms with Crippen molar-refractivity contribution in [2.75, 3.05) is 33.3 Å². The SMILES string of the molecule is CN(C1CCCCC1)[C@@H](CCC(=O)O)C(=O)N1CCCC[C@H]1CCOC1CCN(C(=N)N)CC1. The standard InChI is InChI=1S/C25H45N5O4/c1-28(19-7-3-2-4-8-19)22(10-11-23(31)32)24(33)30-15-6-5-9-20(30)14-18-34-21-12-16-29(17-13-21)25(26)27/h19-22H,2-18H2,1H3,(H3,26,27)(H,31,32)/t20-,22-/m0/s1. The molecule has 0 aromatic heterocycles. The van der Waals surface area contributed by atoms with Crippen molar-refractivity contribution in [3.8, 4) is 0 Å². The van der Waals surface area contributed by atoms with Crippen molar-refractivity contribution in [3.05, 3.63) is 0 Å². The maximum Gasteiger partial charge on any atom is 0.303 e. The quantitative estimate of drug-likeness (QED) is 0.325. The van der Waals surface area contributed by atoms with E-state index in [1.54, 1.807) is 0 Å². The molecule has 0 radical (unpaired) electrons. The summed E-state index contributed by atoms with van der Waals surface area (Å²) in [5, 5.41) is 16.9. The molecule has 4 N–H and O–H groups in total.